The molecule has 0 amide bonds. The Bertz CT molecular complexity index is 677. The molecule has 21 heavy (non-hydrogen) atoms. The van der Waals surface area contributed by atoms with Crippen LogP contribution in [0.5, 0.6) is 0 Å². The van der Waals surface area contributed by atoms with Crippen LogP contribution in [0.3, 0.4) is 0 Å². The fraction of sp³-hybridized carbons (Fsp3) is 0.500. The van der Waals surface area contributed by atoms with Crippen molar-refractivity contribution in [1.82, 2.24) is 14.3 Å². The van der Waals surface area contributed by atoms with Gasteiger partial charge < -0.3 is 4.74 Å². The van der Waals surface area contributed by atoms with Gasteiger partial charge in [-0.05, 0) is 20.8 Å². The van der Waals surface area contributed by atoms with E-state index in [0.717, 1.165) is 0 Å². The summed E-state index contributed by atoms with van der Waals surface area (Å²) in [6.07, 6.45) is 1.71. The highest BCUT2D eigenvalue weighted by Crippen LogP contribution is 2.10. The van der Waals surface area contributed by atoms with Gasteiger partial charge in [0.1, 0.15) is 0 Å². The van der Waals surface area contributed by atoms with Crippen LogP contribution in [0.1, 0.15) is 26.5 Å². The summed E-state index contributed by atoms with van der Waals surface area (Å²) in [6.45, 7) is 6.78. The van der Waals surface area contributed by atoms with E-state index in [1.54, 1.807) is 13.1 Å². The molecule has 2 aromatic heterocycles. The first-order chi connectivity index (χ1) is 10.0. The van der Waals surface area contributed by atoms with E-state index in [1.807, 2.05) is 24.1 Å². The summed E-state index contributed by atoms with van der Waals surface area (Å²) in [6, 6.07) is 1.67. The molecule has 0 spiro atoms. The van der Waals surface area contributed by atoms with Crippen molar-refractivity contribution in [2.24, 2.45) is 0 Å². The van der Waals surface area contributed by atoms with Gasteiger partial charge in [0.25, 0.3) is 5.56 Å². The van der Waals surface area contributed by atoms with Crippen molar-refractivity contribution < 1.29 is 9.53 Å². The summed E-state index contributed by atoms with van der Waals surface area (Å²) in [4.78, 5) is 30.7. The Morgan fingerprint density at radius 1 is 1.52 bits per heavy atom. The molecule has 0 aliphatic carbocycles. The molecule has 7 heteroatoms. The molecule has 0 unspecified atom stereocenters. The lowest BCUT2D eigenvalue weighted by Gasteiger charge is -2.24. The highest BCUT2D eigenvalue weighted by Gasteiger charge is 2.16. The second kappa shape index (κ2) is 6.82. The Labute approximate surface area is 127 Å². The van der Waals surface area contributed by atoms with Crippen LogP contribution >= 0.6 is 11.3 Å². The first-order valence-corrected chi connectivity index (χ1v) is 7.74. The number of fused-ring (bicyclic) bond motifs is 1. The second-order valence-electron chi connectivity index (χ2n) is 4.95. The fourth-order valence-corrected chi connectivity index (χ4v) is 2.71. The Morgan fingerprint density at radius 3 is 2.95 bits per heavy atom. The van der Waals surface area contributed by atoms with Crippen LogP contribution in [0.15, 0.2) is 22.4 Å². The van der Waals surface area contributed by atoms with Gasteiger partial charge in [0.15, 0.2) is 4.96 Å². The molecule has 0 radical (unpaired) electrons. The van der Waals surface area contributed by atoms with Crippen LogP contribution in [-0.4, -0.2) is 39.4 Å². The minimum Gasteiger partial charge on any atom is -0.465 e. The van der Waals surface area contributed by atoms with Crippen LogP contribution < -0.4 is 5.56 Å². The maximum atomic E-state index is 12.0. The number of ether oxygens (including phenoxy) is 1. The highest BCUT2D eigenvalue weighted by atomic mass is 32.1. The van der Waals surface area contributed by atoms with E-state index in [0.29, 0.717) is 23.8 Å². The lowest BCUT2D eigenvalue weighted by molar-refractivity contribution is -0.145. The Balaban J connectivity index is 2.18. The third kappa shape index (κ3) is 3.89. The van der Waals surface area contributed by atoms with E-state index < -0.39 is 0 Å². The predicted octanol–water partition coefficient (Wildman–Crippen LogP) is 1.53. The largest absolute Gasteiger partial charge is 0.465 e. The zero-order valence-corrected chi connectivity index (χ0v) is 13.2. The number of aromatic nitrogens is 2. The maximum Gasteiger partial charge on any atom is 0.320 e. The third-order valence-corrected chi connectivity index (χ3v) is 3.85. The topological polar surface area (TPSA) is 63.9 Å². The third-order valence-electron chi connectivity index (χ3n) is 3.09. The molecule has 6 nitrogen and oxygen atoms in total. The Kier molecular flexibility index (Phi) is 5.08. The molecule has 0 N–H and O–H groups in total. The molecule has 0 saturated heterocycles. The predicted molar refractivity (Wildman–Crippen MR) is 81.5 cm³/mol. The smallest absolute Gasteiger partial charge is 0.320 e. The molecule has 0 atom stereocenters. The first kappa shape index (κ1) is 15.7. The Hall–Kier alpha value is -1.73. The van der Waals surface area contributed by atoms with E-state index >= 15 is 0 Å². The lowest BCUT2D eigenvalue weighted by Crippen LogP contribution is -2.36. The number of carbonyl (C=O) groups excluding carboxylic acids is 1. The quantitative estimate of drug-likeness (QED) is 0.757. The van der Waals surface area contributed by atoms with Crippen molar-refractivity contribution in [2.75, 3.05) is 13.2 Å². The SMILES string of the molecule is CCOC(=O)CN(Cc1cc(=O)n2ccsc2n1)C(C)C. The summed E-state index contributed by atoms with van der Waals surface area (Å²) >= 11 is 1.41. The molecular weight excluding hydrogens is 290 g/mol. The van der Waals surface area contributed by atoms with Crippen molar-refractivity contribution in [2.45, 2.75) is 33.4 Å². The summed E-state index contributed by atoms with van der Waals surface area (Å²) < 4.78 is 6.49. The van der Waals surface area contributed by atoms with E-state index in [4.69, 9.17) is 4.74 Å². The number of nitrogens with zero attached hydrogens (tertiary/aromatic N) is 3. The standard InChI is InChI=1S/C14H19N3O3S/c1-4-20-13(19)9-16(10(2)3)8-11-7-12(18)17-5-6-21-14(17)15-11/h5-7,10H,4,8-9H2,1-3H3. The van der Waals surface area contributed by atoms with Crippen LogP contribution in [0.4, 0.5) is 0 Å². The van der Waals surface area contributed by atoms with Crippen molar-refractivity contribution in [1.29, 1.82) is 0 Å². The Morgan fingerprint density at radius 2 is 2.29 bits per heavy atom. The zero-order valence-electron chi connectivity index (χ0n) is 12.4. The van der Waals surface area contributed by atoms with Gasteiger partial charge in [-0.1, -0.05) is 0 Å². The van der Waals surface area contributed by atoms with E-state index in [2.05, 4.69) is 4.98 Å². The number of thiazole rings is 1. The summed E-state index contributed by atoms with van der Waals surface area (Å²) in [7, 11) is 0. The molecule has 2 heterocycles. The van der Waals surface area contributed by atoms with Crippen LogP contribution in [0.25, 0.3) is 4.96 Å². The van der Waals surface area contributed by atoms with Gasteiger partial charge in [-0.15, -0.1) is 11.3 Å². The molecule has 114 valence electrons. The number of hydrogen-bond donors (Lipinski definition) is 0. The minimum atomic E-state index is -0.264. The molecule has 0 aliphatic heterocycles. The van der Waals surface area contributed by atoms with Crippen molar-refractivity contribution in [3.63, 3.8) is 0 Å². The van der Waals surface area contributed by atoms with Crippen LogP contribution in [-0.2, 0) is 16.1 Å². The van der Waals surface area contributed by atoms with Gasteiger partial charge in [0, 0.05) is 30.2 Å². The molecular formula is C14H19N3O3S. The van der Waals surface area contributed by atoms with Gasteiger partial charge >= 0.3 is 5.97 Å². The first-order valence-electron chi connectivity index (χ1n) is 6.86. The van der Waals surface area contributed by atoms with Crippen LogP contribution in [0, 0.1) is 0 Å². The van der Waals surface area contributed by atoms with Gasteiger partial charge in [-0.2, -0.15) is 0 Å². The fourth-order valence-electron chi connectivity index (χ4n) is 1.97. The number of rotatable bonds is 6. The molecule has 0 saturated carbocycles. The van der Waals surface area contributed by atoms with Crippen LogP contribution in [0.2, 0.25) is 0 Å². The van der Waals surface area contributed by atoms with Gasteiger partial charge in [-0.3, -0.25) is 18.9 Å². The molecule has 2 aromatic rings. The molecule has 0 bridgehead atoms. The number of carbonyl (C=O) groups is 1. The van der Waals surface area contributed by atoms with Gasteiger partial charge in [0.05, 0.1) is 18.8 Å². The van der Waals surface area contributed by atoms with Crippen molar-refractivity contribution in [3.05, 3.63) is 33.7 Å². The lowest BCUT2D eigenvalue weighted by atomic mass is 10.2. The second-order valence-corrected chi connectivity index (χ2v) is 5.82. The summed E-state index contributed by atoms with van der Waals surface area (Å²) in [5.41, 5.74) is 0.566. The van der Waals surface area contributed by atoms with Gasteiger partial charge in [0.2, 0.25) is 0 Å². The monoisotopic (exact) mass is 309 g/mol. The average Bonchev–Trinajstić information content (AvgIpc) is 2.87. The molecule has 0 aromatic carbocycles. The average molecular weight is 309 g/mol. The van der Waals surface area contributed by atoms with E-state index in [1.165, 1.54) is 21.8 Å². The summed E-state index contributed by atoms with van der Waals surface area (Å²) in [5, 5.41) is 1.83. The van der Waals surface area contributed by atoms with Crippen molar-refractivity contribution >= 4 is 22.3 Å². The zero-order chi connectivity index (χ0) is 15.4. The highest BCUT2D eigenvalue weighted by molar-refractivity contribution is 7.15. The molecule has 2 rings (SSSR count). The maximum absolute atomic E-state index is 12.0. The number of esters is 1. The normalized spacial score (nSPS) is 11.5. The number of hydrogen-bond acceptors (Lipinski definition) is 6. The van der Waals surface area contributed by atoms with Gasteiger partial charge in [-0.25, -0.2) is 4.98 Å². The summed E-state index contributed by atoms with van der Waals surface area (Å²) in [5.74, 6) is -0.264. The van der Waals surface area contributed by atoms with E-state index in [-0.39, 0.29) is 24.1 Å². The van der Waals surface area contributed by atoms with E-state index in [9.17, 15) is 9.59 Å². The molecule has 0 fully saturated rings. The van der Waals surface area contributed by atoms with Crippen molar-refractivity contribution in [3.8, 4) is 0 Å². The minimum absolute atomic E-state index is 0.101. The molecule has 0 aliphatic rings.